The average molecular weight is 321 g/mol. The van der Waals surface area contributed by atoms with E-state index in [9.17, 15) is 4.79 Å². The quantitative estimate of drug-likeness (QED) is 0.573. The first kappa shape index (κ1) is 16.5. The van der Waals surface area contributed by atoms with Crippen molar-refractivity contribution in [3.05, 3.63) is 29.8 Å². The van der Waals surface area contributed by atoms with Gasteiger partial charge in [-0.1, -0.05) is 31.0 Å². The third kappa shape index (κ3) is 5.52. The second-order valence-corrected chi connectivity index (χ2v) is 5.90. The molecule has 0 saturated heterocycles. The average Bonchev–Trinajstić information content (AvgIpc) is 3.00. The van der Waals surface area contributed by atoms with Gasteiger partial charge in [-0.25, -0.2) is 0 Å². The van der Waals surface area contributed by atoms with Gasteiger partial charge in [-0.3, -0.25) is 15.6 Å². The number of carbonyl (C=O) groups is 1. The molecule has 3 N–H and O–H groups in total. The number of para-hydroxylation sites is 1. The van der Waals surface area contributed by atoms with E-state index < -0.39 is 0 Å². The predicted molar refractivity (Wildman–Crippen MR) is 90.6 cm³/mol. The fraction of sp³-hybridized carbons (Fsp3) is 0.500. The fourth-order valence-corrected chi connectivity index (χ4v) is 2.67. The molecule has 1 aromatic rings. The van der Waals surface area contributed by atoms with Gasteiger partial charge in [0.2, 0.25) is 5.91 Å². The predicted octanol–water partition coefficient (Wildman–Crippen LogP) is 2.20. The standard InChI is InChI=1S/C16H23N3O2S/c1-12-6-2-5-9-14(12)21-11-10-15(20)18-19-16(22)17-13-7-3-4-8-13/h2,5-6,9,13H,3-4,7-8,10-11H2,1H3,(H,18,20)(H2,17,19,22). The first-order chi connectivity index (χ1) is 10.6. The van der Waals surface area contributed by atoms with Crippen LogP contribution in [-0.4, -0.2) is 23.7 Å². The van der Waals surface area contributed by atoms with Gasteiger partial charge in [0.25, 0.3) is 0 Å². The van der Waals surface area contributed by atoms with Crippen LogP contribution < -0.4 is 20.9 Å². The third-order valence-electron chi connectivity index (χ3n) is 3.69. The second kappa shape index (κ2) is 8.58. The number of hydrogen-bond donors (Lipinski definition) is 3. The van der Waals surface area contributed by atoms with Crippen LogP contribution in [0.15, 0.2) is 24.3 Å². The minimum Gasteiger partial charge on any atom is -0.493 e. The number of amides is 1. The number of hydrogen-bond acceptors (Lipinski definition) is 3. The molecule has 0 spiro atoms. The van der Waals surface area contributed by atoms with E-state index in [-0.39, 0.29) is 12.3 Å². The molecule has 0 radical (unpaired) electrons. The van der Waals surface area contributed by atoms with Gasteiger partial charge >= 0.3 is 0 Å². The molecular weight excluding hydrogens is 298 g/mol. The van der Waals surface area contributed by atoms with Crippen LogP contribution in [-0.2, 0) is 4.79 Å². The first-order valence-electron chi connectivity index (χ1n) is 7.69. The van der Waals surface area contributed by atoms with Crippen LogP contribution in [0.3, 0.4) is 0 Å². The van der Waals surface area contributed by atoms with E-state index in [1.54, 1.807) is 0 Å². The minimum atomic E-state index is -0.149. The Labute approximate surface area is 136 Å². The van der Waals surface area contributed by atoms with E-state index in [0.717, 1.165) is 24.2 Å². The molecule has 1 fully saturated rings. The lowest BCUT2D eigenvalue weighted by Gasteiger charge is -2.16. The Balaban J connectivity index is 1.59. The second-order valence-electron chi connectivity index (χ2n) is 5.49. The smallest absolute Gasteiger partial charge is 0.241 e. The van der Waals surface area contributed by atoms with Crippen molar-refractivity contribution in [1.29, 1.82) is 0 Å². The molecule has 22 heavy (non-hydrogen) atoms. The highest BCUT2D eigenvalue weighted by atomic mass is 32.1. The van der Waals surface area contributed by atoms with Crippen molar-refractivity contribution in [2.75, 3.05) is 6.61 Å². The summed E-state index contributed by atoms with van der Waals surface area (Å²) in [4.78, 5) is 11.7. The van der Waals surface area contributed by atoms with Crippen molar-refractivity contribution in [3.8, 4) is 5.75 Å². The Bertz CT molecular complexity index is 516. The van der Waals surface area contributed by atoms with E-state index in [1.165, 1.54) is 12.8 Å². The lowest BCUT2D eigenvalue weighted by molar-refractivity contribution is -0.122. The molecule has 1 aromatic carbocycles. The lowest BCUT2D eigenvalue weighted by atomic mass is 10.2. The van der Waals surface area contributed by atoms with Crippen molar-refractivity contribution in [2.45, 2.75) is 45.1 Å². The molecule has 1 saturated carbocycles. The molecule has 0 atom stereocenters. The van der Waals surface area contributed by atoms with Gasteiger partial charge < -0.3 is 10.1 Å². The van der Waals surface area contributed by atoms with Crippen LogP contribution in [0.5, 0.6) is 5.75 Å². The van der Waals surface area contributed by atoms with Gasteiger partial charge in [0.05, 0.1) is 13.0 Å². The molecule has 1 aliphatic carbocycles. The Morgan fingerprint density at radius 3 is 2.73 bits per heavy atom. The summed E-state index contributed by atoms with van der Waals surface area (Å²) in [5, 5.41) is 3.67. The molecule has 1 amide bonds. The highest BCUT2D eigenvalue weighted by molar-refractivity contribution is 7.80. The molecule has 0 heterocycles. The number of carbonyl (C=O) groups excluding carboxylic acids is 1. The maximum Gasteiger partial charge on any atom is 0.241 e. The number of rotatable bonds is 5. The largest absolute Gasteiger partial charge is 0.493 e. The summed E-state index contributed by atoms with van der Waals surface area (Å²) in [5.41, 5.74) is 6.38. The molecule has 120 valence electrons. The van der Waals surface area contributed by atoms with Crippen molar-refractivity contribution < 1.29 is 9.53 Å². The van der Waals surface area contributed by atoms with Crippen molar-refractivity contribution in [3.63, 3.8) is 0 Å². The van der Waals surface area contributed by atoms with Crippen molar-refractivity contribution >= 4 is 23.2 Å². The Kier molecular flexibility index (Phi) is 6.45. The molecule has 1 aliphatic rings. The highest BCUT2D eigenvalue weighted by Crippen LogP contribution is 2.17. The molecule has 0 bridgehead atoms. The van der Waals surface area contributed by atoms with Crippen molar-refractivity contribution in [1.82, 2.24) is 16.2 Å². The summed E-state index contributed by atoms with van der Waals surface area (Å²) >= 11 is 5.15. The zero-order valence-electron chi connectivity index (χ0n) is 12.9. The van der Waals surface area contributed by atoms with Crippen LogP contribution in [0.2, 0.25) is 0 Å². The SMILES string of the molecule is Cc1ccccc1OCCC(=O)NNC(=S)NC1CCCC1. The first-order valence-corrected chi connectivity index (χ1v) is 8.10. The number of aryl methyl sites for hydroxylation is 1. The number of nitrogens with one attached hydrogen (secondary N) is 3. The number of benzene rings is 1. The topological polar surface area (TPSA) is 62.4 Å². The molecule has 0 unspecified atom stereocenters. The third-order valence-corrected chi connectivity index (χ3v) is 3.91. The molecular formula is C16H23N3O2S. The van der Waals surface area contributed by atoms with Gasteiger partial charge in [0.15, 0.2) is 5.11 Å². The van der Waals surface area contributed by atoms with E-state index in [2.05, 4.69) is 16.2 Å². The Hall–Kier alpha value is -1.82. The van der Waals surface area contributed by atoms with Gasteiger partial charge in [-0.15, -0.1) is 0 Å². The van der Waals surface area contributed by atoms with Gasteiger partial charge in [0.1, 0.15) is 5.75 Å². The van der Waals surface area contributed by atoms with E-state index in [0.29, 0.717) is 17.8 Å². The summed E-state index contributed by atoms with van der Waals surface area (Å²) < 4.78 is 5.58. The lowest BCUT2D eigenvalue weighted by Crippen LogP contribution is -2.49. The zero-order valence-corrected chi connectivity index (χ0v) is 13.7. The van der Waals surface area contributed by atoms with Crippen LogP contribution in [0.4, 0.5) is 0 Å². The minimum absolute atomic E-state index is 0.149. The number of ether oxygens (including phenoxy) is 1. The number of hydrazine groups is 1. The summed E-state index contributed by atoms with van der Waals surface area (Å²) in [5.74, 6) is 0.658. The normalized spacial score (nSPS) is 14.4. The molecule has 5 nitrogen and oxygen atoms in total. The van der Waals surface area contributed by atoms with Crippen LogP contribution in [0.1, 0.15) is 37.7 Å². The Morgan fingerprint density at radius 2 is 2.00 bits per heavy atom. The van der Waals surface area contributed by atoms with E-state index in [4.69, 9.17) is 17.0 Å². The summed E-state index contributed by atoms with van der Waals surface area (Å²) in [7, 11) is 0. The number of thiocarbonyl (C=S) groups is 1. The summed E-state index contributed by atoms with van der Waals surface area (Å²) in [6.07, 6.45) is 5.03. The maximum absolute atomic E-state index is 11.7. The molecule has 0 aromatic heterocycles. The highest BCUT2D eigenvalue weighted by Gasteiger charge is 2.15. The zero-order chi connectivity index (χ0) is 15.8. The summed E-state index contributed by atoms with van der Waals surface area (Å²) in [6.45, 7) is 2.31. The van der Waals surface area contributed by atoms with Gasteiger partial charge in [-0.2, -0.15) is 0 Å². The molecule has 6 heteroatoms. The van der Waals surface area contributed by atoms with E-state index in [1.807, 2.05) is 31.2 Å². The van der Waals surface area contributed by atoms with Gasteiger partial charge in [-0.05, 0) is 43.6 Å². The summed E-state index contributed by atoms with van der Waals surface area (Å²) in [6, 6.07) is 8.17. The maximum atomic E-state index is 11.7. The van der Waals surface area contributed by atoms with E-state index >= 15 is 0 Å². The molecule has 0 aliphatic heterocycles. The molecule has 2 rings (SSSR count). The van der Waals surface area contributed by atoms with Gasteiger partial charge in [0, 0.05) is 6.04 Å². The fourth-order valence-electron chi connectivity index (χ4n) is 2.45. The monoisotopic (exact) mass is 321 g/mol. The van der Waals surface area contributed by atoms with Crippen LogP contribution >= 0.6 is 12.2 Å². The Morgan fingerprint density at radius 1 is 1.27 bits per heavy atom. The van der Waals surface area contributed by atoms with Crippen molar-refractivity contribution in [2.24, 2.45) is 0 Å². The van der Waals surface area contributed by atoms with Crippen LogP contribution in [0.25, 0.3) is 0 Å². The van der Waals surface area contributed by atoms with Crippen LogP contribution in [0, 0.1) is 6.92 Å².